The van der Waals surface area contributed by atoms with E-state index in [9.17, 15) is 10.1 Å². The molecule has 142 valence electrons. The van der Waals surface area contributed by atoms with Crippen LogP contribution < -0.4 is 5.56 Å². The van der Waals surface area contributed by atoms with Crippen molar-refractivity contribution in [3.63, 3.8) is 0 Å². The summed E-state index contributed by atoms with van der Waals surface area (Å²) in [4.78, 5) is 15.5. The van der Waals surface area contributed by atoms with Crippen LogP contribution in [0.5, 0.6) is 0 Å². The molecule has 0 fully saturated rings. The second-order valence-corrected chi connectivity index (χ2v) is 8.30. The van der Waals surface area contributed by atoms with Crippen molar-refractivity contribution in [1.29, 1.82) is 5.26 Å². The SMILES string of the molecule is CC(C)(C)c1ccc(-c2cc(-c3ccc4ccccc4c3)[nH]c(=O)c2C#N)cc1. The van der Waals surface area contributed by atoms with Crippen molar-refractivity contribution < 1.29 is 0 Å². The van der Waals surface area contributed by atoms with Crippen molar-refractivity contribution in [2.45, 2.75) is 26.2 Å². The molecule has 0 radical (unpaired) electrons. The third-order valence-corrected chi connectivity index (χ3v) is 5.27. The molecule has 1 N–H and O–H groups in total. The van der Waals surface area contributed by atoms with Gasteiger partial charge in [-0.05, 0) is 45.0 Å². The minimum atomic E-state index is -0.368. The zero-order valence-electron chi connectivity index (χ0n) is 16.8. The highest BCUT2D eigenvalue weighted by atomic mass is 16.1. The number of H-pyrrole nitrogens is 1. The lowest BCUT2D eigenvalue weighted by atomic mass is 9.86. The molecule has 3 aromatic carbocycles. The summed E-state index contributed by atoms with van der Waals surface area (Å²) in [6, 6.07) is 26.3. The van der Waals surface area contributed by atoms with Crippen LogP contribution in [0.1, 0.15) is 31.9 Å². The largest absolute Gasteiger partial charge is 0.321 e. The lowest BCUT2D eigenvalue weighted by Gasteiger charge is -2.19. The highest BCUT2D eigenvalue weighted by Crippen LogP contribution is 2.30. The average Bonchev–Trinajstić information content (AvgIpc) is 2.72. The zero-order chi connectivity index (χ0) is 20.6. The molecule has 1 aromatic heterocycles. The molecule has 0 amide bonds. The zero-order valence-corrected chi connectivity index (χ0v) is 16.8. The summed E-state index contributed by atoms with van der Waals surface area (Å²) in [5.41, 5.74) is 4.15. The Hall–Kier alpha value is -3.64. The molecule has 4 rings (SSSR count). The van der Waals surface area contributed by atoms with Gasteiger partial charge in [0.05, 0.1) is 0 Å². The van der Waals surface area contributed by atoms with E-state index in [1.807, 2.05) is 48.5 Å². The molecule has 0 atom stereocenters. The van der Waals surface area contributed by atoms with Crippen molar-refractivity contribution in [3.8, 4) is 28.5 Å². The van der Waals surface area contributed by atoms with Crippen molar-refractivity contribution >= 4 is 10.8 Å². The average molecular weight is 378 g/mol. The molecule has 0 unspecified atom stereocenters. The molecule has 1 heterocycles. The number of aromatic amines is 1. The Balaban J connectivity index is 1.87. The summed E-state index contributed by atoms with van der Waals surface area (Å²) in [6.07, 6.45) is 0. The normalized spacial score (nSPS) is 11.4. The molecule has 0 aliphatic carbocycles. The van der Waals surface area contributed by atoms with Gasteiger partial charge in [0, 0.05) is 11.3 Å². The lowest BCUT2D eigenvalue weighted by Crippen LogP contribution is -2.13. The highest BCUT2D eigenvalue weighted by Gasteiger charge is 2.16. The molecule has 3 heteroatoms. The van der Waals surface area contributed by atoms with Gasteiger partial charge >= 0.3 is 0 Å². The summed E-state index contributed by atoms with van der Waals surface area (Å²) in [5, 5.41) is 11.8. The summed E-state index contributed by atoms with van der Waals surface area (Å²) in [7, 11) is 0. The van der Waals surface area contributed by atoms with Gasteiger partial charge in [-0.25, -0.2) is 0 Å². The van der Waals surface area contributed by atoms with Crippen LogP contribution in [0.2, 0.25) is 0 Å². The molecule has 0 aliphatic rings. The number of nitriles is 1. The van der Waals surface area contributed by atoms with Crippen LogP contribution in [0.4, 0.5) is 0 Å². The second-order valence-electron chi connectivity index (χ2n) is 8.30. The quantitative estimate of drug-likeness (QED) is 0.463. The van der Waals surface area contributed by atoms with E-state index in [0.717, 1.165) is 21.9 Å². The van der Waals surface area contributed by atoms with Gasteiger partial charge in [0.2, 0.25) is 0 Å². The van der Waals surface area contributed by atoms with Gasteiger partial charge in [-0.1, -0.05) is 81.4 Å². The number of hydrogen-bond donors (Lipinski definition) is 1. The van der Waals surface area contributed by atoms with E-state index in [-0.39, 0.29) is 16.5 Å². The summed E-state index contributed by atoms with van der Waals surface area (Å²) >= 11 is 0. The Labute approximate surface area is 170 Å². The summed E-state index contributed by atoms with van der Waals surface area (Å²) in [6.45, 7) is 6.48. The molecule has 4 aromatic rings. The Morgan fingerprint density at radius 3 is 2.14 bits per heavy atom. The van der Waals surface area contributed by atoms with Gasteiger partial charge < -0.3 is 4.98 Å². The van der Waals surface area contributed by atoms with Crippen LogP contribution in [0.15, 0.2) is 77.6 Å². The maximum Gasteiger partial charge on any atom is 0.266 e. The summed E-state index contributed by atoms with van der Waals surface area (Å²) in [5.74, 6) is 0. The molecule has 0 spiro atoms. The summed E-state index contributed by atoms with van der Waals surface area (Å²) < 4.78 is 0. The van der Waals surface area contributed by atoms with E-state index in [1.165, 1.54) is 5.56 Å². The van der Waals surface area contributed by atoms with Crippen LogP contribution >= 0.6 is 0 Å². The van der Waals surface area contributed by atoms with E-state index >= 15 is 0 Å². The minimum absolute atomic E-state index is 0.0427. The number of pyridine rings is 1. The lowest BCUT2D eigenvalue weighted by molar-refractivity contribution is 0.590. The molecule has 29 heavy (non-hydrogen) atoms. The van der Waals surface area contributed by atoms with Crippen molar-refractivity contribution in [2.24, 2.45) is 0 Å². The number of fused-ring (bicyclic) bond motifs is 1. The van der Waals surface area contributed by atoms with Crippen LogP contribution in [0.3, 0.4) is 0 Å². The van der Waals surface area contributed by atoms with E-state index < -0.39 is 0 Å². The number of rotatable bonds is 2. The first-order valence-corrected chi connectivity index (χ1v) is 9.64. The molecule has 0 bridgehead atoms. The Bertz CT molecular complexity index is 1300. The van der Waals surface area contributed by atoms with Gasteiger partial charge in [0.25, 0.3) is 5.56 Å². The molecule has 3 nitrogen and oxygen atoms in total. The van der Waals surface area contributed by atoms with E-state index in [4.69, 9.17) is 0 Å². The fraction of sp³-hybridized carbons (Fsp3) is 0.154. The standard InChI is InChI=1S/C26H22N2O/c1-26(2,3)21-12-10-18(11-13-21)22-15-24(28-25(29)23(22)16-27)20-9-8-17-6-4-5-7-19(17)14-20/h4-15H,1-3H3,(H,28,29). The Kier molecular flexibility index (Phi) is 4.56. The number of aromatic nitrogens is 1. The molecule has 0 saturated heterocycles. The number of hydrogen-bond acceptors (Lipinski definition) is 2. The van der Waals surface area contributed by atoms with E-state index in [0.29, 0.717) is 11.3 Å². The van der Waals surface area contributed by atoms with E-state index in [2.05, 4.69) is 56.1 Å². The van der Waals surface area contributed by atoms with Crippen molar-refractivity contribution in [1.82, 2.24) is 4.98 Å². The van der Waals surface area contributed by atoms with Crippen LogP contribution in [-0.4, -0.2) is 4.98 Å². The first-order chi connectivity index (χ1) is 13.9. The van der Waals surface area contributed by atoms with Gasteiger partial charge in [-0.15, -0.1) is 0 Å². The number of benzene rings is 3. The van der Waals surface area contributed by atoms with Crippen LogP contribution in [0.25, 0.3) is 33.2 Å². The first kappa shape index (κ1) is 18.7. The van der Waals surface area contributed by atoms with Gasteiger partial charge in [-0.2, -0.15) is 5.26 Å². The number of nitrogens with one attached hydrogen (secondary N) is 1. The second kappa shape index (κ2) is 7.07. The Morgan fingerprint density at radius 1 is 0.828 bits per heavy atom. The maximum absolute atomic E-state index is 12.7. The highest BCUT2D eigenvalue weighted by molar-refractivity contribution is 5.87. The minimum Gasteiger partial charge on any atom is -0.321 e. The smallest absolute Gasteiger partial charge is 0.266 e. The third kappa shape index (κ3) is 3.58. The monoisotopic (exact) mass is 378 g/mol. The topological polar surface area (TPSA) is 56.6 Å². The fourth-order valence-corrected chi connectivity index (χ4v) is 3.56. The van der Waals surface area contributed by atoms with Crippen molar-refractivity contribution in [3.05, 3.63) is 94.3 Å². The molecule has 0 aliphatic heterocycles. The fourth-order valence-electron chi connectivity index (χ4n) is 3.56. The maximum atomic E-state index is 12.7. The van der Waals surface area contributed by atoms with Crippen LogP contribution in [0, 0.1) is 11.3 Å². The predicted molar refractivity (Wildman–Crippen MR) is 119 cm³/mol. The van der Waals surface area contributed by atoms with Gasteiger partial charge in [0.15, 0.2) is 0 Å². The van der Waals surface area contributed by atoms with Crippen LogP contribution in [-0.2, 0) is 5.41 Å². The van der Waals surface area contributed by atoms with E-state index in [1.54, 1.807) is 0 Å². The first-order valence-electron chi connectivity index (χ1n) is 9.64. The molecule has 0 saturated carbocycles. The molecular formula is C26H22N2O. The van der Waals surface area contributed by atoms with Crippen molar-refractivity contribution in [2.75, 3.05) is 0 Å². The van der Waals surface area contributed by atoms with Gasteiger partial charge in [0.1, 0.15) is 11.6 Å². The molecular weight excluding hydrogens is 356 g/mol. The predicted octanol–water partition coefficient (Wildman–Crippen LogP) is 6.03. The van der Waals surface area contributed by atoms with Gasteiger partial charge in [-0.3, -0.25) is 4.79 Å². The Morgan fingerprint density at radius 2 is 1.48 bits per heavy atom. The number of nitrogens with zero attached hydrogens (tertiary/aromatic N) is 1. The third-order valence-electron chi connectivity index (χ3n) is 5.27.